The number of likely N-dealkylation sites (tertiary alicyclic amines) is 1. The highest BCUT2D eigenvalue weighted by atomic mass is 127. The highest BCUT2D eigenvalue weighted by Gasteiger charge is 2.15. The number of aliphatic imine (C=N–C) groups is 1. The molecule has 7 nitrogen and oxygen atoms in total. The number of rotatable bonds is 8. The molecule has 28 heavy (non-hydrogen) atoms. The standard InChI is InChI=1S/C20H32N4O3.HI/c1-3-21-20(23-15-16-14-17(27-2)9-10-18(16)25)22-11-7-13-24-12-6-4-5-8-19(24)26;/h9-10,14,25H,3-8,11-13,15H2,1-2H3,(H2,21,22,23);1H. The van der Waals surface area contributed by atoms with Gasteiger partial charge in [0, 0.05) is 38.2 Å². The van der Waals surface area contributed by atoms with Crippen LogP contribution in [0.25, 0.3) is 0 Å². The van der Waals surface area contributed by atoms with Crippen LogP contribution in [0.15, 0.2) is 23.2 Å². The Bertz CT molecular complexity index is 640. The third-order valence-corrected chi connectivity index (χ3v) is 4.61. The number of aromatic hydroxyl groups is 1. The lowest BCUT2D eigenvalue weighted by atomic mass is 10.2. The second-order valence-electron chi connectivity index (χ2n) is 6.66. The van der Waals surface area contributed by atoms with Crippen LogP contribution in [-0.4, -0.2) is 55.2 Å². The summed E-state index contributed by atoms with van der Waals surface area (Å²) in [6.07, 6.45) is 4.83. The molecular weight excluding hydrogens is 471 g/mol. The third-order valence-electron chi connectivity index (χ3n) is 4.61. The zero-order valence-corrected chi connectivity index (χ0v) is 19.2. The number of guanidine groups is 1. The first-order chi connectivity index (χ1) is 13.1. The number of amides is 1. The second kappa shape index (κ2) is 13.5. The molecule has 158 valence electrons. The first-order valence-corrected chi connectivity index (χ1v) is 9.80. The maximum absolute atomic E-state index is 12.0. The van der Waals surface area contributed by atoms with E-state index in [0.29, 0.717) is 30.2 Å². The van der Waals surface area contributed by atoms with Crippen LogP contribution in [0, 0.1) is 0 Å². The number of phenols is 1. The van der Waals surface area contributed by atoms with Gasteiger partial charge in [0.1, 0.15) is 11.5 Å². The van der Waals surface area contributed by atoms with Gasteiger partial charge in [0.05, 0.1) is 13.7 Å². The van der Waals surface area contributed by atoms with E-state index in [1.165, 1.54) is 0 Å². The Hall–Kier alpha value is -1.71. The fourth-order valence-corrected chi connectivity index (χ4v) is 3.07. The predicted molar refractivity (Wildman–Crippen MR) is 123 cm³/mol. The van der Waals surface area contributed by atoms with Crippen molar-refractivity contribution in [2.24, 2.45) is 4.99 Å². The summed E-state index contributed by atoms with van der Waals surface area (Å²) in [5, 5.41) is 16.5. The van der Waals surface area contributed by atoms with Crippen LogP contribution >= 0.6 is 24.0 Å². The first kappa shape index (κ1) is 24.3. The van der Waals surface area contributed by atoms with E-state index in [-0.39, 0.29) is 35.6 Å². The molecule has 1 saturated heterocycles. The van der Waals surface area contributed by atoms with Gasteiger partial charge >= 0.3 is 0 Å². The summed E-state index contributed by atoms with van der Waals surface area (Å²) in [5.74, 6) is 1.87. The summed E-state index contributed by atoms with van der Waals surface area (Å²) < 4.78 is 5.20. The number of nitrogens with zero attached hydrogens (tertiary/aromatic N) is 2. The van der Waals surface area contributed by atoms with Crippen LogP contribution < -0.4 is 15.4 Å². The number of nitrogens with one attached hydrogen (secondary N) is 2. The maximum atomic E-state index is 12.0. The summed E-state index contributed by atoms with van der Waals surface area (Å²) in [6.45, 7) is 5.50. The quantitative estimate of drug-likeness (QED) is 0.220. The van der Waals surface area contributed by atoms with E-state index in [1.807, 2.05) is 11.8 Å². The number of carbonyl (C=O) groups excluding carboxylic acids is 1. The number of ether oxygens (including phenoxy) is 1. The summed E-state index contributed by atoms with van der Waals surface area (Å²) in [4.78, 5) is 18.5. The average Bonchev–Trinajstić information content (AvgIpc) is 2.88. The van der Waals surface area contributed by atoms with Gasteiger partial charge in [0.2, 0.25) is 5.91 Å². The molecule has 0 aliphatic carbocycles. The second-order valence-corrected chi connectivity index (χ2v) is 6.66. The van der Waals surface area contributed by atoms with Gasteiger partial charge in [-0.05, 0) is 44.4 Å². The maximum Gasteiger partial charge on any atom is 0.222 e. The van der Waals surface area contributed by atoms with Crippen molar-refractivity contribution in [3.05, 3.63) is 23.8 Å². The van der Waals surface area contributed by atoms with Crippen molar-refractivity contribution in [1.82, 2.24) is 15.5 Å². The molecule has 1 amide bonds. The molecule has 1 aromatic rings. The number of benzene rings is 1. The minimum atomic E-state index is 0. The van der Waals surface area contributed by atoms with E-state index >= 15 is 0 Å². The van der Waals surface area contributed by atoms with Gasteiger partial charge in [-0.3, -0.25) is 4.79 Å². The molecule has 0 bridgehead atoms. The van der Waals surface area contributed by atoms with Gasteiger partial charge in [0.15, 0.2) is 5.96 Å². The van der Waals surface area contributed by atoms with Crippen LogP contribution in [0.2, 0.25) is 0 Å². The molecule has 0 unspecified atom stereocenters. The van der Waals surface area contributed by atoms with Crippen LogP contribution in [0.5, 0.6) is 11.5 Å². The largest absolute Gasteiger partial charge is 0.508 e. The lowest BCUT2D eigenvalue weighted by Gasteiger charge is -2.20. The molecule has 2 rings (SSSR count). The van der Waals surface area contributed by atoms with Crippen LogP contribution in [-0.2, 0) is 11.3 Å². The fourth-order valence-electron chi connectivity index (χ4n) is 3.07. The van der Waals surface area contributed by atoms with Crippen molar-refractivity contribution < 1.29 is 14.6 Å². The molecule has 1 fully saturated rings. The Morgan fingerprint density at radius 3 is 2.86 bits per heavy atom. The van der Waals surface area contributed by atoms with Gasteiger partial charge in [-0.2, -0.15) is 0 Å². The van der Waals surface area contributed by atoms with E-state index in [9.17, 15) is 9.90 Å². The van der Waals surface area contributed by atoms with Crippen molar-refractivity contribution in [1.29, 1.82) is 0 Å². The zero-order valence-electron chi connectivity index (χ0n) is 16.9. The molecule has 3 N–H and O–H groups in total. The molecular formula is C20H33IN4O3. The average molecular weight is 504 g/mol. The number of halogens is 1. The van der Waals surface area contributed by atoms with Crippen molar-refractivity contribution in [2.45, 2.75) is 45.6 Å². The van der Waals surface area contributed by atoms with E-state index in [4.69, 9.17) is 4.74 Å². The van der Waals surface area contributed by atoms with Crippen LogP contribution in [0.4, 0.5) is 0 Å². The predicted octanol–water partition coefficient (Wildman–Crippen LogP) is 2.87. The highest BCUT2D eigenvalue weighted by molar-refractivity contribution is 14.0. The van der Waals surface area contributed by atoms with Gasteiger partial charge in [-0.1, -0.05) is 6.42 Å². The highest BCUT2D eigenvalue weighted by Crippen LogP contribution is 2.23. The van der Waals surface area contributed by atoms with Crippen molar-refractivity contribution >= 4 is 35.8 Å². The van der Waals surface area contributed by atoms with E-state index in [0.717, 1.165) is 51.9 Å². The topological polar surface area (TPSA) is 86.2 Å². The number of hydrogen-bond acceptors (Lipinski definition) is 4. The molecule has 0 saturated carbocycles. The molecule has 1 heterocycles. The monoisotopic (exact) mass is 504 g/mol. The van der Waals surface area contributed by atoms with Crippen molar-refractivity contribution in [3.63, 3.8) is 0 Å². The smallest absolute Gasteiger partial charge is 0.222 e. The van der Waals surface area contributed by atoms with E-state index in [2.05, 4.69) is 15.6 Å². The fraction of sp³-hybridized carbons (Fsp3) is 0.600. The van der Waals surface area contributed by atoms with E-state index < -0.39 is 0 Å². The molecule has 1 aliphatic rings. The summed E-state index contributed by atoms with van der Waals surface area (Å²) in [5.41, 5.74) is 0.710. The SMILES string of the molecule is CCNC(=NCc1cc(OC)ccc1O)NCCCN1CCCCCC1=O.I. The summed E-state index contributed by atoms with van der Waals surface area (Å²) in [6, 6.07) is 5.12. The van der Waals surface area contributed by atoms with Gasteiger partial charge in [-0.25, -0.2) is 4.99 Å². The molecule has 1 aromatic carbocycles. The van der Waals surface area contributed by atoms with Crippen LogP contribution in [0.3, 0.4) is 0 Å². The molecule has 8 heteroatoms. The van der Waals surface area contributed by atoms with Crippen molar-refractivity contribution in [3.8, 4) is 11.5 Å². The summed E-state index contributed by atoms with van der Waals surface area (Å²) in [7, 11) is 1.60. The van der Waals surface area contributed by atoms with E-state index in [1.54, 1.807) is 25.3 Å². The lowest BCUT2D eigenvalue weighted by Crippen LogP contribution is -2.39. The minimum Gasteiger partial charge on any atom is -0.508 e. The number of phenolic OH excluding ortho intramolecular Hbond substituents is 1. The number of hydrogen-bond donors (Lipinski definition) is 3. The first-order valence-electron chi connectivity index (χ1n) is 9.80. The molecule has 1 aliphatic heterocycles. The van der Waals surface area contributed by atoms with Crippen LogP contribution in [0.1, 0.15) is 44.6 Å². The van der Waals surface area contributed by atoms with Gasteiger partial charge < -0.3 is 25.4 Å². The molecule has 0 radical (unpaired) electrons. The lowest BCUT2D eigenvalue weighted by molar-refractivity contribution is -0.130. The normalized spacial score (nSPS) is 14.9. The number of carbonyl (C=O) groups is 1. The Kier molecular flexibility index (Phi) is 11.7. The molecule has 0 atom stereocenters. The molecule has 0 spiro atoms. The summed E-state index contributed by atoms with van der Waals surface area (Å²) >= 11 is 0. The Morgan fingerprint density at radius 2 is 2.11 bits per heavy atom. The zero-order chi connectivity index (χ0) is 19.5. The Balaban J connectivity index is 0.00000392. The van der Waals surface area contributed by atoms with Crippen molar-refractivity contribution in [2.75, 3.05) is 33.3 Å². The third kappa shape index (κ3) is 8.12. The van der Waals surface area contributed by atoms with Gasteiger partial charge in [-0.15, -0.1) is 24.0 Å². The minimum absolute atomic E-state index is 0. The number of methoxy groups -OCH3 is 1. The Morgan fingerprint density at radius 1 is 1.29 bits per heavy atom. The Labute approximate surface area is 185 Å². The molecule has 0 aromatic heterocycles. The van der Waals surface area contributed by atoms with Gasteiger partial charge in [0.25, 0.3) is 0 Å².